The Morgan fingerprint density at radius 1 is 1.00 bits per heavy atom. The molecule has 0 amide bonds. The van der Waals surface area contributed by atoms with Crippen LogP contribution < -0.4 is 21.1 Å². The SMILES string of the molecule is [B]c1c(N([O-])O)cc(N([O-])[O-])cc1N(O)O. The number of hydrogen-bond donors (Lipinski definition) is 3. The molecule has 0 aliphatic rings. The van der Waals surface area contributed by atoms with E-state index in [0.717, 1.165) is 6.07 Å². The summed E-state index contributed by atoms with van der Waals surface area (Å²) in [5, 5.41) is 55.4. The molecule has 9 nitrogen and oxygen atoms in total. The Bertz CT molecular complexity index is 356. The topological polar surface area (TPSA) is 140 Å². The second-order valence-electron chi connectivity index (χ2n) is 2.72. The van der Waals surface area contributed by atoms with Crippen LogP contribution in [0.2, 0.25) is 0 Å². The fraction of sp³-hybridized carbons (Fsp3) is 0. The summed E-state index contributed by atoms with van der Waals surface area (Å²) >= 11 is 0. The molecule has 0 aliphatic heterocycles. The first-order valence-electron chi connectivity index (χ1n) is 3.76. The van der Waals surface area contributed by atoms with Gasteiger partial charge in [0.15, 0.2) is 0 Å². The van der Waals surface area contributed by atoms with E-state index in [1.54, 1.807) is 0 Å². The highest BCUT2D eigenvalue weighted by atomic mass is 16.8. The molecule has 0 saturated heterocycles. The first kappa shape index (κ1) is 12.5. The third-order valence-electron chi connectivity index (χ3n) is 1.75. The van der Waals surface area contributed by atoms with Gasteiger partial charge >= 0.3 is 0 Å². The zero-order valence-electron chi connectivity index (χ0n) is 7.64. The summed E-state index contributed by atoms with van der Waals surface area (Å²) in [4.78, 5) is 0. The van der Waals surface area contributed by atoms with Crippen LogP contribution in [0.25, 0.3) is 0 Å². The summed E-state index contributed by atoms with van der Waals surface area (Å²) in [5.74, 6) is 0. The Balaban J connectivity index is 3.39. The molecule has 0 fully saturated rings. The van der Waals surface area contributed by atoms with Crippen molar-refractivity contribution in [1.82, 2.24) is 0 Å². The van der Waals surface area contributed by atoms with E-state index < -0.39 is 38.2 Å². The number of nitrogens with zero attached hydrogens (tertiary/aromatic N) is 3. The van der Waals surface area contributed by atoms with Crippen molar-refractivity contribution < 1.29 is 15.6 Å². The zero-order chi connectivity index (χ0) is 12.5. The van der Waals surface area contributed by atoms with E-state index in [4.69, 9.17) is 23.5 Å². The van der Waals surface area contributed by atoms with Crippen LogP contribution in [0.15, 0.2) is 12.1 Å². The van der Waals surface area contributed by atoms with Gasteiger partial charge in [0.05, 0.1) is 5.69 Å². The Labute approximate surface area is 90.4 Å². The Morgan fingerprint density at radius 3 is 1.88 bits per heavy atom. The van der Waals surface area contributed by atoms with Crippen LogP contribution in [-0.2, 0) is 0 Å². The second-order valence-corrected chi connectivity index (χ2v) is 2.72. The standard InChI is InChI=1S/C6H5BN3O6/c7-6-4(9(13)14)1-3(8(11)12)2-5(6)10(15)16/h1-2,13-15H/q-3. The van der Waals surface area contributed by atoms with Gasteiger partial charge in [0.1, 0.15) is 7.85 Å². The fourth-order valence-electron chi connectivity index (χ4n) is 1.04. The van der Waals surface area contributed by atoms with Crippen molar-refractivity contribution in [3.8, 4) is 0 Å². The zero-order valence-corrected chi connectivity index (χ0v) is 7.64. The van der Waals surface area contributed by atoms with E-state index in [2.05, 4.69) is 0 Å². The lowest BCUT2D eigenvalue weighted by atomic mass is 9.91. The van der Waals surface area contributed by atoms with Gasteiger partial charge in [-0.1, -0.05) is 0 Å². The minimum Gasteiger partial charge on any atom is -0.769 e. The van der Waals surface area contributed by atoms with Crippen LogP contribution in [0, 0.1) is 15.6 Å². The fourth-order valence-corrected chi connectivity index (χ4v) is 1.04. The molecule has 16 heavy (non-hydrogen) atoms. The minimum atomic E-state index is -0.889. The highest BCUT2D eigenvalue weighted by Crippen LogP contribution is 2.25. The molecular weight excluding hydrogens is 221 g/mol. The van der Waals surface area contributed by atoms with E-state index in [1.807, 2.05) is 0 Å². The molecule has 2 radical (unpaired) electrons. The second kappa shape index (κ2) is 4.53. The Kier molecular flexibility index (Phi) is 3.54. The van der Waals surface area contributed by atoms with Crippen molar-refractivity contribution in [3.05, 3.63) is 27.8 Å². The molecule has 0 spiro atoms. The highest BCUT2D eigenvalue weighted by Gasteiger charge is 2.10. The van der Waals surface area contributed by atoms with Crippen molar-refractivity contribution in [2.24, 2.45) is 0 Å². The molecular formula is C6H5BN3O6-3. The van der Waals surface area contributed by atoms with Crippen LogP contribution in [0.3, 0.4) is 0 Å². The molecule has 0 heterocycles. The third-order valence-corrected chi connectivity index (χ3v) is 1.75. The number of benzene rings is 1. The van der Waals surface area contributed by atoms with E-state index in [1.165, 1.54) is 0 Å². The molecule has 86 valence electrons. The molecule has 10 heteroatoms. The maximum absolute atomic E-state index is 10.6. The lowest BCUT2D eigenvalue weighted by molar-refractivity contribution is 0.0297. The number of hydrogen-bond acceptors (Lipinski definition) is 9. The number of rotatable bonds is 3. The molecule has 0 atom stereocenters. The molecule has 1 rings (SSSR count). The van der Waals surface area contributed by atoms with Gasteiger partial charge in [0.25, 0.3) is 0 Å². The monoisotopic (exact) mass is 226 g/mol. The van der Waals surface area contributed by atoms with Crippen molar-refractivity contribution in [3.63, 3.8) is 0 Å². The maximum Gasteiger partial charge on any atom is 0.119 e. The molecule has 0 unspecified atom stereocenters. The van der Waals surface area contributed by atoms with Gasteiger partial charge in [-0.3, -0.25) is 15.6 Å². The first-order chi connectivity index (χ1) is 7.34. The summed E-state index contributed by atoms with van der Waals surface area (Å²) in [6, 6.07) is 1.41. The van der Waals surface area contributed by atoms with Gasteiger partial charge in [-0.15, -0.1) is 5.23 Å². The molecule has 0 aromatic heterocycles. The third kappa shape index (κ3) is 2.33. The summed E-state index contributed by atoms with van der Waals surface area (Å²) < 4.78 is 0. The van der Waals surface area contributed by atoms with Gasteiger partial charge in [0.2, 0.25) is 0 Å². The van der Waals surface area contributed by atoms with Crippen LogP contribution in [0.5, 0.6) is 0 Å². The van der Waals surface area contributed by atoms with Crippen molar-refractivity contribution in [1.29, 1.82) is 0 Å². The van der Waals surface area contributed by atoms with Crippen LogP contribution in [0.1, 0.15) is 0 Å². The number of anilines is 3. The van der Waals surface area contributed by atoms with Gasteiger partial charge in [-0.25, -0.2) is 0 Å². The molecule has 0 aliphatic carbocycles. The molecule has 0 saturated carbocycles. The van der Waals surface area contributed by atoms with Gasteiger partial charge in [-0.2, -0.15) is 0 Å². The van der Waals surface area contributed by atoms with Crippen molar-refractivity contribution >= 4 is 30.4 Å². The Morgan fingerprint density at radius 2 is 1.50 bits per heavy atom. The average molecular weight is 226 g/mol. The van der Waals surface area contributed by atoms with E-state index >= 15 is 0 Å². The average Bonchev–Trinajstić information content (AvgIpc) is 2.16. The lowest BCUT2D eigenvalue weighted by Gasteiger charge is -2.39. The predicted molar refractivity (Wildman–Crippen MR) is 54.7 cm³/mol. The molecule has 1 aromatic rings. The minimum absolute atomic E-state index is 0.491. The normalized spacial score (nSPS) is 10.1. The Hall–Kier alpha value is -1.56. The van der Waals surface area contributed by atoms with E-state index in [9.17, 15) is 15.6 Å². The first-order valence-corrected chi connectivity index (χ1v) is 3.76. The highest BCUT2D eigenvalue weighted by molar-refractivity contribution is 6.39. The predicted octanol–water partition coefficient (Wildman–Crippen LogP) is -0.439. The summed E-state index contributed by atoms with van der Waals surface area (Å²) in [6.45, 7) is 0. The summed E-state index contributed by atoms with van der Waals surface area (Å²) in [7, 11) is 5.27. The molecule has 3 N–H and O–H groups in total. The van der Waals surface area contributed by atoms with Crippen LogP contribution in [-0.4, -0.2) is 23.5 Å². The van der Waals surface area contributed by atoms with E-state index in [0.29, 0.717) is 6.07 Å². The van der Waals surface area contributed by atoms with Crippen molar-refractivity contribution in [2.45, 2.75) is 0 Å². The van der Waals surface area contributed by atoms with Gasteiger partial charge in [-0.05, 0) is 17.6 Å². The maximum atomic E-state index is 10.6. The van der Waals surface area contributed by atoms with E-state index in [-0.39, 0.29) is 0 Å². The van der Waals surface area contributed by atoms with Crippen LogP contribution in [0.4, 0.5) is 17.1 Å². The van der Waals surface area contributed by atoms with Crippen LogP contribution >= 0.6 is 0 Å². The molecule has 1 aromatic carbocycles. The lowest BCUT2D eigenvalue weighted by Crippen LogP contribution is -2.26. The summed E-state index contributed by atoms with van der Waals surface area (Å²) in [5.41, 5.74) is -2.42. The van der Waals surface area contributed by atoms with Gasteiger partial charge in [0, 0.05) is 11.4 Å². The largest absolute Gasteiger partial charge is 0.769 e. The van der Waals surface area contributed by atoms with Gasteiger partial charge < -0.3 is 26.1 Å². The quantitative estimate of drug-likeness (QED) is 0.461. The molecule has 0 bridgehead atoms. The van der Waals surface area contributed by atoms with Crippen molar-refractivity contribution in [2.75, 3.05) is 15.7 Å². The smallest absolute Gasteiger partial charge is 0.119 e. The summed E-state index contributed by atoms with van der Waals surface area (Å²) in [6.07, 6.45) is 0.